The Kier molecular flexibility index (Phi) is 3.44. The number of fused-ring (bicyclic) bond motifs is 1. The summed E-state index contributed by atoms with van der Waals surface area (Å²) in [7, 11) is 0. The average Bonchev–Trinajstić information content (AvgIpc) is 3.21. The Labute approximate surface area is 120 Å². The Bertz CT molecular complexity index is 673. The van der Waals surface area contributed by atoms with Gasteiger partial charge in [-0.2, -0.15) is 0 Å². The molecule has 1 fully saturated rings. The zero-order valence-corrected chi connectivity index (χ0v) is 12.0. The smallest absolute Gasteiger partial charge is 0.341 e. The van der Waals surface area contributed by atoms with E-state index in [2.05, 4.69) is 5.32 Å². The third-order valence-corrected chi connectivity index (χ3v) is 4.35. The normalized spacial score (nSPS) is 14.2. The maximum Gasteiger partial charge on any atom is 0.341 e. The molecule has 5 heteroatoms. The quantitative estimate of drug-likeness (QED) is 0.877. The minimum atomic E-state index is -0.379. The molecule has 0 spiro atoms. The topological polar surface area (TPSA) is 55.4 Å². The third-order valence-electron chi connectivity index (χ3n) is 3.26. The van der Waals surface area contributed by atoms with Crippen LogP contribution in [0.3, 0.4) is 0 Å². The molecule has 1 aromatic carbocycles. The number of hydrogen-bond donors (Lipinski definition) is 1. The van der Waals surface area contributed by atoms with Gasteiger partial charge >= 0.3 is 5.97 Å². The standard InChI is InChI=1S/C15H15NO3S/c1-2-19-15(18)12-10-5-3-4-6-11(10)20-14(12)16-13(17)9-7-8-9/h3-6,9H,2,7-8H2,1H3,(H,16,17). The van der Waals surface area contributed by atoms with E-state index in [9.17, 15) is 9.59 Å². The van der Waals surface area contributed by atoms with Gasteiger partial charge in [0, 0.05) is 16.0 Å². The fourth-order valence-corrected chi connectivity index (χ4v) is 3.19. The Balaban J connectivity index is 2.02. The SMILES string of the molecule is CCOC(=O)c1c(NC(=O)C2CC2)sc2ccccc12. The lowest BCUT2D eigenvalue weighted by Crippen LogP contribution is -2.15. The van der Waals surface area contributed by atoms with Crippen LogP contribution in [0.4, 0.5) is 5.00 Å². The van der Waals surface area contributed by atoms with Crippen LogP contribution in [0.1, 0.15) is 30.1 Å². The molecule has 1 N–H and O–H groups in total. The molecule has 2 aromatic rings. The second-order valence-corrected chi connectivity index (χ2v) is 5.84. The van der Waals surface area contributed by atoms with Gasteiger partial charge in [0.05, 0.1) is 6.61 Å². The average molecular weight is 289 g/mol. The van der Waals surface area contributed by atoms with Gasteiger partial charge in [-0.3, -0.25) is 4.79 Å². The number of nitrogens with one attached hydrogen (secondary N) is 1. The van der Waals surface area contributed by atoms with Crippen molar-refractivity contribution in [2.75, 3.05) is 11.9 Å². The van der Waals surface area contributed by atoms with Crippen molar-refractivity contribution in [3.05, 3.63) is 29.8 Å². The van der Waals surface area contributed by atoms with Crippen LogP contribution >= 0.6 is 11.3 Å². The lowest BCUT2D eigenvalue weighted by Gasteiger charge is -2.05. The number of benzene rings is 1. The molecule has 1 aromatic heterocycles. The summed E-state index contributed by atoms with van der Waals surface area (Å²) in [6.45, 7) is 2.09. The summed E-state index contributed by atoms with van der Waals surface area (Å²) in [6, 6.07) is 7.62. The van der Waals surface area contributed by atoms with Gasteiger partial charge in [0.2, 0.25) is 5.91 Å². The van der Waals surface area contributed by atoms with E-state index in [4.69, 9.17) is 4.74 Å². The summed E-state index contributed by atoms with van der Waals surface area (Å²) in [5.41, 5.74) is 0.474. The van der Waals surface area contributed by atoms with Crippen molar-refractivity contribution in [1.82, 2.24) is 0 Å². The number of carbonyl (C=O) groups excluding carboxylic acids is 2. The molecule has 0 unspecified atom stereocenters. The monoisotopic (exact) mass is 289 g/mol. The van der Waals surface area contributed by atoms with Gasteiger partial charge in [-0.05, 0) is 25.8 Å². The van der Waals surface area contributed by atoms with Crippen molar-refractivity contribution in [3.63, 3.8) is 0 Å². The van der Waals surface area contributed by atoms with E-state index in [1.165, 1.54) is 11.3 Å². The molecule has 1 heterocycles. The van der Waals surface area contributed by atoms with E-state index >= 15 is 0 Å². The number of rotatable bonds is 4. The first kappa shape index (κ1) is 13.1. The van der Waals surface area contributed by atoms with Gasteiger partial charge < -0.3 is 10.1 Å². The van der Waals surface area contributed by atoms with E-state index < -0.39 is 0 Å². The maximum absolute atomic E-state index is 12.1. The minimum Gasteiger partial charge on any atom is -0.462 e. The van der Waals surface area contributed by atoms with Crippen LogP contribution in [0.25, 0.3) is 10.1 Å². The molecule has 4 nitrogen and oxygen atoms in total. The predicted molar refractivity (Wildman–Crippen MR) is 79.1 cm³/mol. The second-order valence-electron chi connectivity index (χ2n) is 4.79. The van der Waals surface area contributed by atoms with Gasteiger partial charge in [-0.1, -0.05) is 18.2 Å². The molecule has 104 valence electrons. The maximum atomic E-state index is 12.1. The molecule has 1 aliphatic rings. The highest BCUT2D eigenvalue weighted by molar-refractivity contribution is 7.23. The van der Waals surface area contributed by atoms with Crippen molar-refractivity contribution in [3.8, 4) is 0 Å². The van der Waals surface area contributed by atoms with Crippen molar-refractivity contribution in [1.29, 1.82) is 0 Å². The van der Waals surface area contributed by atoms with E-state index in [1.807, 2.05) is 24.3 Å². The van der Waals surface area contributed by atoms with Crippen LogP contribution in [0.5, 0.6) is 0 Å². The fraction of sp³-hybridized carbons (Fsp3) is 0.333. The lowest BCUT2D eigenvalue weighted by atomic mass is 10.1. The Hall–Kier alpha value is -1.88. The predicted octanol–water partition coefficient (Wildman–Crippen LogP) is 3.43. The molecule has 1 amide bonds. The van der Waals surface area contributed by atoms with Crippen LogP contribution in [-0.2, 0) is 9.53 Å². The van der Waals surface area contributed by atoms with Gasteiger partial charge in [-0.25, -0.2) is 4.79 Å². The first-order valence-electron chi connectivity index (χ1n) is 6.70. The van der Waals surface area contributed by atoms with Crippen LogP contribution in [0.2, 0.25) is 0 Å². The van der Waals surface area contributed by atoms with Gasteiger partial charge in [-0.15, -0.1) is 11.3 Å². The summed E-state index contributed by atoms with van der Waals surface area (Å²) in [6.07, 6.45) is 1.87. The van der Waals surface area contributed by atoms with Crippen LogP contribution < -0.4 is 5.32 Å². The van der Waals surface area contributed by atoms with Crippen LogP contribution in [0, 0.1) is 5.92 Å². The molecular weight excluding hydrogens is 274 g/mol. The molecule has 0 saturated heterocycles. The van der Waals surface area contributed by atoms with Gasteiger partial charge in [0.15, 0.2) is 0 Å². The Morgan fingerprint density at radius 1 is 1.35 bits per heavy atom. The van der Waals surface area contributed by atoms with Crippen molar-refractivity contribution in [2.24, 2.45) is 5.92 Å². The van der Waals surface area contributed by atoms with E-state index in [-0.39, 0.29) is 17.8 Å². The molecule has 1 saturated carbocycles. The van der Waals surface area contributed by atoms with Gasteiger partial charge in [0.25, 0.3) is 0 Å². The molecule has 0 bridgehead atoms. The molecule has 1 aliphatic carbocycles. The number of amides is 1. The molecular formula is C15H15NO3S. The van der Waals surface area contributed by atoms with E-state index in [0.29, 0.717) is 17.2 Å². The second kappa shape index (κ2) is 5.25. The fourth-order valence-electron chi connectivity index (χ4n) is 2.10. The summed E-state index contributed by atoms with van der Waals surface area (Å²) in [5.74, 6) is -0.270. The number of hydrogen-bond acceptors (Lipinski definition) is 4. The number of anilines is 1. The summed E-state index contributed by atoms with van der Waals surface area (Å²) < 4.78 is 6.08. The first-order chi connectivity index (χ1) is 9.70. The zero-order valence-electron chi connectivity index (χ0n) is 11.1. The van der Waals surface area contributed by atoms with E-state index in [0.717, 1.165) is 22.9 Å². The summed E-state index contributed by atoms with van der Waals surface area (Å²) in [5, 5.41) is 4.31. The first-order valence-corrected chi connectivity index (χ1v) is 7.52. The van der Waals surface area contributed by atoms with E-state index in [1.54, 1.807) is 6.92 Å². The highest BCUT2D eigenvalue weighted by Gasteiger charge is 2.31. The van der Waals surface area contributed by atoms with Crippen LogP contribution in [-0.4, -0.2) is 18.5 Å². The van der Waals surface area contributed by atoms with Crippen LogP contribution in [0.15, 0.2) is 24.3 Å². The molecule has 0 radical (unpaired) electrons. The van der Waals surface area contributed by atoms with Crippen molar-refractivity contribution >= 4 is 38.3 Å². The van der Waals surface area contributed by atoms with Gasteiger partial charge in [0.1, 0.15) is 10.6 Å². The number of esters is 1. The zero-order chi connectivity index (χ0) is 14.1. The molecule has 0 aliphatic heterocycles. The summed E-state index contributed by atoms with van der Waals surface area (Å²) >= 11 is 1.42. The Morgan fingerprint density at radius 2 is 2.10 bits per heavy atom. The van der Waals surface area contributed by atoms with Crippen molar-refractivity contribution < 1.29 is 14.3 Å². The number of thiophene rings is 1. The molecule has 20 heavy (non-hydrogen) atoms. The largest absolute Gasteiger partial charge is 0.462 e. The molecule has 3 rings (SSSR count). The minimum absolute atomic E-state index is 0.00195. The third kappa shape index (κ3) is 2.41. The summed E-state index contributed by atoms with van der Waals surface area (Å²) in [4.78, 5) is 24.1. The lowest BCUT2D eigenvalue weighted by molar-refractivity contribution is -0.117. The highest BCUT2D eigenvalue weighted by atomic mass is 32.1. The number of carbonyl (C=O) groups is 2. The Morgan fingerprint density at radius 3 is 2.80 bits per heavy atom. The number of ether oxygens (including phenoxy) is 1. The highest BCUT2D eigenvalue weighted by Crippen LogP contribution is 2.38. The van der Waals surface area contributed by atoms with Crippen molar-refractivity contribution in [2.45, 2.75) is 19.8 Å². The molecule has 0 atom stereocenters.